The zero-order valence-corrected chi connectivity index (χ0v) is 11.3. The normalized spacial score (nSPS) is 11.2. The van der Waals surface area contributed by atoms with Crippen molar-refractivity contribution in [1.29, 1.82) is 0 Å². The minimum Gasteiger partial charge on any atom is -0.376 e. The molecule has 1 aromatic carbocycles. The Morgan fingerprint density at radius 1 is 1.12 bits per heavy atom. The molecule has 0 aliphatic rings. The number of nitrogens with zero attached hydrogens (tertiary/aromatic N) is 1. The van der Waals surface area contributed by atoms with Crippen LogP contribution in [0.1, 0.15) is 0 Å². The van der Waals surface area contributed by atoms with Crippen LogP contribution in [0.25, 0.3) is 0 Å². The van der Waals surface area contributed by atoms with Crippen LogP contribution in [0, 0.1) is 0 Å². The van der Waals surface area contributed by atoms with E-state index in [9.17, 15) is 4.79 Å². The minimum atomic E-state index is -2.79. The molecule has 1 amide bonds. The van der Waals surface area contributed by atoms with E-state index in [0.29, 0.717) is 0 Å². The van der Waals surface area contributed by atoms with Crippen molar-refractivity contribution < 1.29 is 18.1 Å². The van der Waals surface area contributed by atoms with Gasteiger partial charge < -0.3 is 18.2 Å². The maximum absolute atomic E-state index is 11.1. The zero-order valence-electron chi connectivity index (χ0n) is 10.3. The summed E-state index contributed by atoms with van der Waals surface area (Å²) in [6.07, 6.45) is 1.03. The standard InChI is InChI=1S/C11H17NO4Si/c1-14-17(15-2,16-3)10-12(9-13)11-7-5-4-6-8-11/h4-9H,10H2,1-3H3. The molecule has 17 heavy (non-hydrogen) atoms. The summed E-state index contributed by atoms with van der Waals surface area (Å²) < 4.78 is 15.9. The average molecular weight is 255 g/mol. The summed E-state index contributed by atoms with van der Waals surface area (Å²) in [4.78, 5) is 12.6. The fourth-order valence-electron chi connectivity index (χ4n) is 1.46. The predicted molar refractivity (Wildman–Crippen MR) is 66.6 cm³/mol. The van der Waals surface area contributed by atoms with E-state index in [2.05, 4.69) is 0 Å². The van der Waals surface area contributed by atoms with Gasteiger partial charge in [0.15, 0.2) is 0 Å². The second-order valence-electron chi connectivity index (χ2n) is 3.36. The number of anilines is 1. The summed E-state index contributed by atoms with van der Waals surface area (Å²) >= 11 is 0. The van der Waals surface area contributed by atoms with Gasteiger partial charge in [0.25, 0.3) is 0 Å². The van der Waals surface area contributed by atoms with Gasteiger partial charge in [0.05, 0.1) is 6.17 Å². The fourth-order valence-corrected chi connectivity index (χ4v) is 3.02. The fraction of sp³-hybridized carbons (Fsp3) is 0.364. The van der Waals surface area contributed by atoms with E-state index < -0.39 is 8.80 Å². The Morgan fingerprint density at radius 3 is 2.06 bits per heavy atom. The van der Waals surface area contributed by atoms with Gasteiger partial charge in [-0.05, 0) is 12.1 Å². The quantitative estimate of drug-likeness (QED) is 0.540. The molecule has 0 heterocycles. The molecule has 0 saturated carbocycles. The van der Waals surface area contributed by atoms with Gasteiger partial charge in [-0.25, -0.2) is 0 Å². The lowest BCUT2D eigenvalue weighted by atomic mass is 10.3. The van der Waals surface area contributed by atoms with Crippen LogP contribution < -0.4 is 4.90 Å². The summed E-state index contributed by atoms with van der Waals surface area (Å²) in [5.74, 6) is 0. The molecule has 0 N–H and O–H groups in total. The number of para-hydroxylation sites is 1. The van der Waals surface area contributed by atoms with Gasteiger partial charge in [-0.1, -0.05) is 18.2 Å². The second-order valence-corrected chi connectivity index (χ2v) is 6.27. The zero-order chi connectivity index (χ0) is 12.7. The Labute approximate surface area is 102 Å². The highest BCUT2D eigenvalue weighted by molar-refractivity contribution is 6.61. The van der Waals surface area contributed by atoms with Crippen LogP contribution in [-0.4, -0.2) is 42.7 Å². The van der Waals surface area contributed by atoms with Gasteiger partial charge in [-0.15, -0.1) is 0 Å². The number of hydrogen-bond donors (Lipinski definition) is 0. The van der Waals surface area contributed by atoms with Crippen molar-refractivity contribution in [2.45, 2.75) is 0 Å². The Kier molecular flexibility index (Phi) is 5.30. The molecule has 0 radical (unpaired) electrons. The minimum absolute atomic E-state index is 0.282. The lowest BCUT2D eigenvalue weighted by Crippen LogP contribution is -2.53. The van der Waals surface area contributed by atoms with Crippen LogP contribution in [0.4, 0.5) is 5.69 Å². The van der Waals surface area contributed by atoms with Crippen molar-refractivity contribution in [3.63, 3.8) is 0 Å². The first kappa shape index (κ1) is 13.9. The van der Waals surface area contributed by atoms with Gasteiger partial charge in [0.1, 0.15) is 0 Å². The molecule has 1 rings (SSSR count). The molecule has 1 aromatic rings. The number of benzene rings is 1. The molecule has 6 heteroatoms. The maximum Gasteiger partial charge on any atom is 0.521 e. The molecular formula is C11H17NO4Si. The number of carbonyl (C=O) groups excluding carboxylic acids is 1. The van der Waals surface area contributed by atoms with Crippen LogP contribution in [0.2, 0.25) is 0 Å². The Bertz CT molecular complexity index is 334. The molecule has 0 atom stereocenters. The Morgan fingerprint density at radius 2 is 1.65 bits per heavy atom. The second kappa shape index (κ2) is 6.50. The molecule has 5 nitrogen and oxygen atoms in total. The summed E-state index contributed by atoms with van der Waals surface area (Å²) in [6, 6.07) is 9.30. The van der Waals surface area contributed by atoms with Gasteiger partial charge in [0.2, 0.25) is 6.41 Å². The van der Waals surface area contributed by atoms with Crippen molar-refractivity contribution >= 4 is 20.9 Å². The lowest BCUT2D eigenvalue weighted by molar-refractivity contribution is -0.107. The lowest BCUT2D eigenvalue weighted by Gasteiger charge is -2.29. The summed E-state index contributed by atoms with van der Waals surface area (Å²) in [5.41, 5.74) is 0.783. The molecule has 0 unspecified atom stereocenters. The molecular weight excluding hydrogens is 238 g/mol. The highest BCUT2D eigenvalue weighted by Crippen LogP contribution is 2.15. The van der Waals surface area contributed by atoms with Crippen molar-refractivity contribution in [3.8, 4) is 0 Å². The van der Waals surface area contributed by atoms with Crippen LogP contribution in [0.15, 0.2) is 30.3 Å². The predicted octanol–water partition coefficient (Wildman–Crippen LogP) is 1.07. The Hall–Kier alpha value is -1.21. The molecule has 0 bridgehead atoms. The number of amides is 1. The van der Waals surface area contributed by atoms with Gasteiger partial charge in [-0.3, -0.25) is 4.79 Å². The van der Waals surface area contributed by atoms with E-state index >= 15 is 0 Å². The van der Waals surface area contributed by atoms with Crippen molar-refractivity contribution in [1.82, 2.24) is 0 Å². The van der Waals surface area contributed by atoms with Crippen molar-refractivity contribution in [2.75, 3.05) is 32.4 Å². The van der Waals surface area contributed by atoms with Crippen molar-refractivity contribution in [3.05, 3.63) is 30.3 Å². The molecule has 0 aliphatic heterocycles. The molecule has 94 valence electrons. The van der Waals surface area contributed by atoms with E-state index in [-0.39, 0.29) is 6.17 Å². The third-order valence-electron chi connectivity index (χ3n) is 2.51. The van der Waals surface area contributed by atoms with Crippen LogP contribution in [-0.2, 0) is 18.1 Å². The van der Waals surface area contributed by atoms with Crippen LogP contribution >= 0.6 is 0 Å². The van der Waals surface area contributed by atoms with E-state index in [1.165, 1.54) is 26.2 Å². The molecule has 0 aromatic heterocycles. The topological polar surface area (TPSA) is 48.0 Å². The highest BCUT2D eigenvalue weighted by Gasteiger charge is 2.40. The van der Waals surface area contributed by atoms with Crippen LogP contribution in [0.3, 0.4) is 0 Å². The van der Waals surface area contributed by atoms with Gasteiger partial charge in [-0.2, -0.15) is 0 Å². The first-order chi connectivity index (χ1) is 8.21. The van der Waals surface area contributed by atoms with Crippen molar-refractivity contribution in [2.24, 2.45) is 0 Å². The van der Waals surface area contributed by atoms with E-state index in [1.807, 2.05) is 30.3 Å². The summed E-state index contributed by atoms with van der Waals surface area (Å²) in [6.45, 7) is 0. The van der Waals surface area contributed by atoms with E-state index in [0.717, 1.165) is 12.1 Å². The smallest absolute Gasteiger partial charge is 0.376 e. The van der Waals surface area contributed by atoms with Crippen LogP contribution in [0.5, 0.6) is 0 Å². The van der Waals surface area contributed by atoms with E-state index in [1.54, 1.807) is 0 Å². The average Bonchev–Trinajstić information content (AvgIpc) is 2.42. The number of hydrogen-bond acceptors (Lipinski definition) is 4. The van der Waals surface area contributed by atoms with E-state index in [4.69, 9.17) is 13.3 Å². The molecule has 0 aliphatic carbocycles. The number of carbonyl (C=O) groups is 1. The third-order valence-corrected chi connectivity index (χ3v) is 5.11. The largest absolute Gasteiger partial charge is 0.521 e. The summed E-state index contributed by atoms with van der Waals surface area (Å²) in [7, 11) is 1.77. The van der Waals surface area contributed by atoms with Gasteiger partial charge >= 0.3 is 8.80 Å². The Balaban J connectivity index is 2.86. The SMILES string of the molecule is CO[Si](CN(C=O)c1ccccc1)(OC)OC. The maximum atomic E-state index is 11.1. The number of rotatable bonds is 7. The first-order valence-electron chi connectivity index (χ1n) is 5.14. The molecule has 0 saturated heterocycles. The monoisotopic (exact) mass is 255 g/mol. The van der Waals surface area contributed by atoms with Gasteiger partial charge in [0, 0.05) is 27.0 Å². The first-order valence-corrected chi connectivity index (χ1v) is 7.07. The highest BCUT2D eigenvalue weighted by atomic mass is 28.4. The molecule has 0 spiro atoms. The summed E-state index contributed by atoms with van der Waals surface area (Å²) in [5, 5.41) is 0. The third kappa shape index (κ3) is 3.37. The molecule has 0 fully saturated rings.